The Bertz CT molecular complexity index is 1260. The molecule has 0 bridgehead atoms. The summed E-state index contributed by atoms with van der Waals surface area (Å²) in [5.41, 5.74) is 1.16. The van der Waals surface area contributed by atoms with Gasteiger partial charge in [-0.1, -0.05) is 24.8 Å². The summed E-state index contributed by atoms with van der Waals surface area (Å²) in [5, 5.41) is 11.5. The molecular weight excluding hydrogens is 433 g/mol. The molecule has 0 aliphatic carbocycles. The van der Waals surface area contributed by atoms with E-state index >= 15 is 0 Å². The molecule has 3 aromatic rings. The zero-order valence-electron chi connectivity index (χ0n) is 16.9. The van der Waals surface area contributed by atoms with Crippen LogP contribution >= 0.6 is 0 Å². The van der Waals surface area contributed by atoms with E-state index in [1.807, 2.05) is 6.07 Å². The number of nitro groups is 1. The van der Waals surface area contributed by atoms with Crippen LogP contribution in [0.25, 0.3) is 6.08 Å². The number of amides is 1. The smallest absolute Gasteiger partial charge is 0.279 e. The normalized spacial score (nSPS) is 14.6. The first kappa shape index (κ1) is 21.5. The summed E-state index contributed by atoms with van der Waals surface area (Å²) in [4.78, 5) is 30.1. The summed E-state index contributed by atoms with van der Waals surface area (Å²) in [6.07, 6.45) is 4.64. The fourth-order valence-corrected chi connectivity index (χ4v) is 5.23. The van der Waals surface area contributed by atoms with Crippen LogP contribution in [0, 0.1) is 15.9 Å². The van der Waals surface area contributed by atoms with E-state index < -0.39 is 33.1 Å². The number of hydrogen-bond acceptors (Lipinski definition) is 5. The average molecular weight is 451 g/mol. The third kappa shape index (κ3) is 3.94. The average Bonchev–Trinajstić information content (AvgIpc) is 3.18. The molecule has 1 aliphatic heterocycles. The van der Waals surface area contributed by atoms with Gasteiger partial charge in [0.1, 0.15) is 5.82 Å². The van der Waals surface area contributed by atoms with Crippen LogP contribution in [0.5, 0.6) is 0 Å². The molecule has 9 heteroatoms. The van der Waals surface area contributed by atoms with Crippen molar-refractivity contribution >= 4 is 34.2 Å². The predicted molar refractivity (Wildman–Crippen MR) is 119 cm³/mol. The number of pyridine rings is 1. The highest BCUT2D eigenvalue weighted by Crippen LogP contribution is 2.35. The van der Waals surface area contributed by atoms with E-state index in [0.717, 1.165) is 17.7 Å². The van der Waals surface area contributed by atoms with Crippen LogP contribution < -0.4 is 4.90 Å². The van der Waals surface area contributed by atoms with Crippen molar-refractivity contribution in [2.24, 2.45) is 0 Å². The molecule has 0 saturated heterocycles. The van der Waals surface area contributed by atoms with E-state index in [1.54, 1.807) is 24.3 Å². The molecule has 0 saturated carbocycles. The Morgan fingerprint density at radius 1 is 1.31 bits per heavy atom. The molecule has 1 aliphatic rings. The molecular formula is C23H18FN3O4S. The second-order valence-electron chi connectivity index (χ2n) is 7.17. The molecule has 0 radical (unpaired) electrons. The molecule has 2 aromatic carbocycles. The van der Waals surface area contributed by atoms with Gasteiger partial charge in [-0.3, -0.25) is 24.1 Å². The number of hydrogen-bond donors (Lipinski definition) is 0. The predicted octanol–water partition coefficient (Wildman–Crippen LogP) is 4.28. The second-order valence-corrected chi connectivity index (χ2v) is 8.68. The van der Waals surface area contributed by atoms with Gasteiger partial charge in [-0.2, -0.15) is 0 Å². The van der Waals surface area contributed by atoms with Crippen molar-refractivity contribution in [2.75, 3.05) is 10.7 Å². The number of fused-ring (bicyclic) bond motifs is 1. The lowest BCUT2D eigenvalue weighted by Gasteiger charge is -2.25. The summed E-state index contributed by atoms with van der Waals surface area (Å²) in [7, 11) is -1.29. The number of carbonyl (C=O) groups is 1. The van der Waals surface area contributed by atoms with E-state index in [4.69, 9.17) is 0 Å². The third-order valence-electron chi connectivity index (χ3n) is 5.21. The maximum atomic E-state index is 14.6. The summed E-state index contributed by atoms with van der Waals surface area (Å²) in [5.74, 6) is -0.791. The molecule has 7 nitrogen and oxygen atoms in total. The lowest BCUT2D eigenvalue weighted by atomic mass is 10.1. The van der Waals surface area contributed by atoms with Crippen LogP contribution in [0.15, 0.2) is 66.3 Å². The number of nitrogens with zero attached hydrogens (tertiary/aromatic N) is 3. The first-order chi connectivity index (χ1) is 15.4. The van der Waals surface area contributed by atoms with Crippen LogP contribution in [-0.4, -0.2) is 25.8 Å². The van der Waals surface area contributed by atoms with Crippen molar-refractivity contribution in [3.63, 3.8) is 0 Å². The molecule has 1 aromatic heterocycles. The van der Waals surface area contributed by atoms with E-state index in [1.165, 1.54) is 23.4 Å². The van der Waals surface area contributed by atoms with E-state index in [9.17, 15) is 23.5 Å². The Morgan fingerprint density at radius 3 is 2.81 bits per heavy atom. The molecule has 1 amide bonds. The van der Waals surface area contributed by atoms with Gasteiger partial charge < -0.3 is 4.90 Å². The van der Waals surface area contributed by atoms with Crippen molar-refractivity contribution in [1.29, 1.82) is 0 Å². The Kier molecular flexibility index (Phi) is 5.91. The highest BCUT2D eigenvalue weighted by Gasteiger charge is 2.29. The van der Waals surface area contributed by atoms with Gasteiger partial charge in [-0.05, 0) is 41.8 Å². The number of benzene rings is 2. The lowest BCUT2D eigenvalue weighted by molar-refractivity contribution is -0.385. The van der Waals surface area contributed by atoms with Crippen LogP contribution in [0.1, 0.15) is 27.0 Å². The fraction of sp³-hybridized carbons (Fsp3) is 0.130. The quantitative estimate of drug-likeness (QED) is 0.412. The van der Waals surface area contributed by atoms with Crippen LogP contribution in [0.2, 0.25) is 0 Å². The van der Waals surface area contributed by atoms with E-state index in [-0.39, 0.29) is 23.2 Å². The number of nitro benzene ring substituents is 1. The number of aromatic nitrogens is 1. The molecule has 0 spiro atoms. The highest BCUT2D eigenvalue weighted by molar-refractivity contribution is 7.85. The standard InChI is InChI=1S/C23H18FN3O4S/c1-2-18-19(24)11-15(12-21(18)27(29)30)14-26(23(28)17-6-4-9-25-13-17)20-7-3-5-16-8-10-32(31)22(16)20/h2-7,9,11-13H,1,8,10,14H2. The molecule has 0 N–H and O–H groups in total. The number of anilines is 1. The molecule has 32 heavy (non-hydrogen) atoms. The largest absolute Gasteiger partial charge is 0.303 e. The molecule has 162 valence electrons. The molecule has 0 fully saturated rings. The topological polar surface area (TPSA) is 93.4 Å². The second kappa shape index (κ2) is 8.80. The van der Waals surface area contributed by atoms with Gasteiger partial charge in [0, 0.05) is 24.2 Å². The number of halogens is 1. The monoisotopic (exact) mass is 451 g/mol. The Labute approximate surface area is 185 Å². The summed E-state index contributed by atoms with van der Waals surface area (Å²) in [6.45, 7) is 3.28. The van der Waals surface area contributed by atoms with Crippen LogP contribution in [0.3, 0.4) is 0 Å². The van der Waals surface area contributed by atoms with Crippen LogP contribution in [-0.2, 0) is 23.8 Å². The zero-order valence-corrected chi connectivity index (χ0v) is 17.7. The van der Waals surface area contributed by atoms with Crippen molar-refractivity contribution in [2.45, 2.75) is 17.9 Å². The van der Waals surface area contributed by atoms with Crippen molar-refractivity contribution < 1.29 is 18.3 Å². The zero-order chi connectivity index (χ0) is 22.8. The molecule has 1 atom stereocenters. The number of rotatable bonds is 6. The minimum atomic E-state index is -1.29. The van der Waals surface area contributed by atoms with E-state index in [2.05, 4.69) is 11.6 Å². The van der Waals surface area contributed by atoms with Gasteiger partial charge in [0.15, 0.2) is 0 Å². The first-order valence-corrected chi connectivity index (χ1v) is 11.0. The van der Waals surface area contributed by atoms with Gasteiger partial charge in [0.25, 0.3) is 11.6 Å². The number of aryl methyl sites for hydroxylation is 1. The molecule has 4 rings (SSSR count). The molecule has 2 heterocycles. The summed E-state index contributed by atoms with van der Waals surface area (Å²) < 4.78 is 27.3. The lowest BCUT2D eigenvalue weighted by Crippen LogP contribution is -2.31. The van der Waals surface area contributed by atoms with E-state index in [0.29, 0.717) is 22.8 Å². The van der Waals surface area contributed by atoms with Gasteiger partial charge in [-0.15, -0.1) is 0 Å². The van der Waals surface area contributed by atoms with Gasteiger partial charge >= 0.3 is 0 Å². The SMILES string of the molecule is C=Cc1c(F)cc(CN(C(=O)c2cccnc2)c2cccc3c2S(=O)CC3)cc1[N+](=O)[O-]. The maximum absolute atomic E-state index is 14.6. The Morgan fingerprint density at radius 2 is 2.12 bits per heavy atom. The van der Waals surface area contributed by atoms with Crippen LogP contribution in [0.4, 0.5) is 15.8 Å². The summed E-state index contributed by atoms with van der Waals surface area (Å²) >= 11 is 0. The summed E-state index contributed by atoms with van der Waals surface area (Å²) in [6, 6.07) is 10.9. The van der Waals surface area contributed by atoms with Gasteiger partial charge in [-0.25, -0.2) is 4.39 Å². The van der Waals surface area contributed by atoms with Crippen molar-refractivity contribution in [1.82, 2.24) is 4.98 Å². The number of carbonyl (C=O) groups excluding carboxylic acids is 1. The van der Waals surface area contributed by atoms with Gasteiger partial charge in [0.2, 0.25) is 0 Å². The fourth-order valence-electron chi connectivity index (χ4n) is 3.74. The molecule has 1 unspecified atom stereocenters. The highest BCUT2D eigenvalue weighted by atomic mass is 32.2. The van der Waals surface area contributed by atoms with Crippen molar-refractivity contribution in [3.05, 3.63) is 99.6 Å². The maximum Gasteiger partial charge on any atom is 0.279 e. The Balaban J connectivity index is 1.85. The third-order valence-corrected chi connectivity index (χ3v) is 6.72. The van der Waals surface area contributed by atoms with Crippen molar-refractivity contribution in [3.8, 4) is 0 Å². The Hall–Kier alpha value is -3.72. The first-order valence-electron chi connectivity index (χ1n) is 9.72. The minimum Gasteiger partial charge on any atom is -0.303 e. The minimum absolute atomic E-state index is 0.156. The van der Waals surface area contributed by atoms with Gasteiger partial charge in [0.05, 0.1) is 44.0 Å².